The van der Waals surface area contributed by atoms with E-state index in [-0.39, 0.29) is 0 Å². The highest BCUT2D eigenvalue weighted by Crippen LogP contribution is 2.38. The SMILES string of the molecule is COc1cccc(-c2cnn(CC3CC3)c2)c1OC. The van der Waals surface area contributed by atoms with Crippen LogP contribution in [0, 0.1) is 5.92 Å². The smallest absolute Gasteiger partial charge is 0.168 e. The fourth-order valence-corrected chi connectivity index (χ4v) is 2.28. The normalized spacial score (nSPS) is 14.4. The van der Waals surface area contributed by atoms with E-state index < -0.39 is 0 Å². The number of nitrogens with zero attached hydrogens (tertiary/aromatic N) is 2. The van der Waals surface area contributed by atoms with Gasteiger partial charge in [0.25, 0.3) is 0 Å². The molecular formula is C15H18N2O2. The molecule has 0 aliphatic heterocycles. The van der Waals surface area contributed by atoms with Gasteiger partial charge in [-0.3, -0.25) is 4.68 Å². The molecule has 1 aromatic carbocycles. The second kappa shape index (κ2) is 4.96. The number of benzene rings is 1. The summed E-state index contributed by atoms with van der Waals surface area (Å²) in [6.07, 6.45) is 6.63. The monoisotopic (exact) mass is 258 g/mol. The van der Waals surface area contributed by atoms with Crippen LogP contribution in [0.15, 0.2) is 30.6 Å². The van der Waals surface area contributed by atoms with Gasteiger partial charge in [0.2, 0.25) is 0 Å². The lowest BCUT2D eigenvalue weighted by Gasteiger charge is -2.11. The Morgan fingerprint density at radius 2 is 2.11 bits per heavy atom. The van der Waals surface area contributed by atoms with Crippen LogP contribution in [-0.4, -0.2) is 24.0 Å². The molecule has 1 aliphatic carbocycles. The Hall–Kier alpha value is -1.97. The van der Waals surface area contributed by atoms with Crippen molar-refractivity contribution in [2.24, 2.45) is 5.92 Å². The van der Waals surface area contributed by atoms with Gasteiger partial charge >= 0.3 is 0 Å². The van der Waals surface area contributed by atoms with Crippen molar-refractivity contribution >= 4 is 0 Å². The summed E-state index contributed by atoms with van der Waals surface area (Å²) >= 11 is 0. The molecule has 0 N–H and O–H groups in total. The van der Waals surface area contributed by atoms with Gasteiger partial charge in [0.15, 0.2) is 11.5 Å². The largest absolute Gasteiger partial charge is 0.493 e. The highest BCUT2D eigenvalue weighted by molar-refractivity contribution is 5.72. The Kier molecular flexibility index (Phi) is 3.15. The third kappa shape index (κ3) is 2.43. The predicted octanol–water partition coefficient (Wildman–Crippen LogP) is 2.98. The van der Waals surface area contributed by atoms with Crippen molar-refractivity contribution < 1.29 is 9.47 Å². The van der Waals surface area contributed by atoms with E-state index in [4.69, 9.17) is 9.47 Å². The molecular weight excluding hydrogens is 240 g/mol. The molecule has 0 unspecified atom stereocenters. The Bertz CT molecular complexity index is 573. The molecule has 4 nitrogen and oxygen atoms in total. The van der Waals surface area contributed by atoms with Crippen LogP contribution in [-0.2, 0) is 6.54 Å². The second-order valence-corrected chi connectivity index (χ2v) is 4.94. The van der Waals surface area contributed by atoms with Crippen molar-refractivity contribution in [2.45, 2.75) is 19.4 Å². The van der Waals surface area contributed by atoms with E-state index in [0.717, 1.165) is 35.1 Å². The molecule has 0 radical (unpaired) electrons. The van der Waals surface area contributed by atoms with E-state index in [2.05, 4.69) is 11.3 Å². The van der Waals surface area contributed by atoms with E-state index in [0.29, 0.717) is 0 Å². The van der Waals surface area contributed by atoms with Crippen LogP contribution in [0.25, 0.3) is 11.1 Å². The molecule has 2 aromatic rings. The standard InChI is InChI=1S/C15H18N2O2/c1-18-14-5-3-4-13(15(14)19-2)12-8-16-17(10-12)9-11-6-7-11/h3-5,8,10-11H,6-7,9H2,1-2H3. The third-order valence-corrected chi connectivity index (χ3v) is 3.49. The molecule has 4 heteroatoms. The molecule has 1 saturated carbocycles. The van der Waals surface area contributed by atoms with Gasteiger partial charge in [0.1, 0.15) is 0 Å². The number of para-hydroxylation sites is 1. The van der Waals surface area contributed by atoms with Gasteiger partial charge in [-0.1, -0.05) is 12.1 Å². The number of ether oxygens (including phenoxy) is 2. The summed E-state index contributed by atoms with van der Waals surface area (Å²) < 4.78 is 12.8. The molecule has 0 atom stereocenters. The van der Waals surface area contributed by atoms with Crippen molar-refractivity contribution in [2.75, 3.05) is 14.2 Å². The van der Waals surface area contributed by atoms with Gasteiger partial charge in [0, 0.05) is 23.9 Å². The first-order valence-electron chi connectivity index (χ1n) is 6.55. The summed E-state index contributed by atoms with van der Waals surface area (Å²) in [7, 11) is 3.31. The maximum Gasteiger partial charge on any atom is 0.168 e. The third-order valence-electron chi connectivity index (χ3n) is 3.49. The minimum atomic E-state index is 0.745. The van der Waals surface area contributed by atoms with Crippen LogP contribution in [0.1, 0.15) is 12.8 Å². The maximum absolute atomic E-state index is 5.46. The average Bonchev–Trinajstić information content (AvgIpc) is 3.13. The summed E-state index contributed by atoms with van der Waals surface area (Å²) in [5.74, 6) is 2.32. The van der Waals surface area contributed by atoms with E-state index in [1.165, 1.54) is 12.8 Å². The first-order valence-corrected chi connectivity index (χ1v) is 6.55. The topological polar surface area (TPSA) is 36.3 Å². The lowest BCUT2D eigenvalue weighted by Crippen LogP contribution is -1.99. The highest BCUT2D eigenvalue weighted by Gasteiger charge is 2.22. The number of hydrogen-bond acceptors (Lipinski definition) is 3. The van der Waals surface area contributed by atoms with Crippen LogP contribution >= 0.6 is 0 Å². The van der Waals surface area contributed by atoms with E-state index in [1.54, 1.807) is 14.2 Å². The number of rotatable bonds is 5. The molecule has 1 aromatic heterocycles. The fraction of sp³-hybridized carbons (Fsp3) is 0.400. The Balaban J connectivity index is 1.93. The Morgan fingerprint density at radius 1 is 1.26 bits per heavy atom. The highest BCUT2D eigenvalue weighted by atomic mass is 16.5. The van der Waals surface area contributed by atoms with Crippen LogP contribution < -0.4 is 9.47 Å². The molecule has 1 fully saturated rings. The summed E-state index contributed by atoms with van der Waals surface area (Å²) in [5.41, 5.74) is 2.08. The number of aromatic nitrogens is 2. The molecule has 1 aliphatic rings. The van der Waals surface area contributed by atoms with Crippen molar-refractivity contribution in [1.29, 1.82) is 0 Å². The minimum Gasteiger partial charge on any atom is -0.493 e. The maximum atomic E-state index is 5.46. The Morgan fingerprint density at radius 3 is 2.79 bits per heavy atom. The van der Waals surface area contributed by atoms with Crippen LogP contribution in [0.4, 0.5) is 0 Å². The molecule has 0 amide bonds. The molecule has 1 heterocycles. The zero-order chi connectivity index (χ0) is 13.2. The lowest BCUT2D eigenvalue weighted by atomic mass is 10.1. The van der Waals surface area contributed by atoms with Crippen molar-refractivity contribution in [3.05, 3.63) is 30.6 Å². The zero-order valence-corrected chi connectivity index (χ0v) is 11.3. The first kappa shape index (κ1) is 12.1. The van der Waals surface area contributed by atoms with Crippen molar-refractivity contribution in [3.8, 4) is 22.6 Å². The van der Waals surface area contributed by atoms with E-state index in [9.17, 15) is 0 Å². The zero-order valence-electron chi connectivity index (χ0n) is 11.3. The minimum absolute atomic E-state index is 0.745. The summed E-state index contributed by atoms with van der Waals surface area (Å²) in [6, 6.07) is 5.89. The summed E-state index contributed by atoms with van der Waals surface area (Å²) in [4.78, 5) is 0. The van der Waals surface area contributed by atoms with Gasteiger partial charge in [-0.15, -0.1) is 0 Å². The Labute approximate surface area is 113 Å². The first-order chi connectivity index (χ1) is 9.31. The molecule has 19 heavy (non-hydrogen) atoms. The molecule has 3 rings (SSSR count). The number of methoxy groups -OCH3 is 2. The van der Waals surface area contributed by atoms with Crippen molar-refractivity contribution in [3.63, 3.8) is 0 Å². The van der Waals surface area contributed by atoms with E-state index in [1.807, 2.05) is 29.1 Å². The van der Waals surface area contributed by atoms with Gasteiger partial charge < -0.3 is 9.47 Å². The van der Waals surface area contributed by atoms with Gasteiger partial charge in [-0.25, -0.2) is 0 Å². The summed E-state index contributed by atoms with van der Waals surface area (Å²) in [5, 5.41) is 4.42. The molecule has 100 valence electrons. The van der Waals surface area contributed by atoms with Gasteiger partial charge in [0.05, 0.1) is 20.4 Å². The second-order valence-electron chi connectivity index (χ2n) is 4.94. The molecule has 0 spiro atoms. The lowest BCUT2D eigenvalue weighted by molar-refractivity contribution is 0.356. The average molecular weight is 258 g/mol. The van der Waals surface area contributed by atoms with Crippen LogP contribution in [0.5, 0.6) is 11.5 Å². The van der Waals surface area contributed by atoms with Crippen LogP contribution in [0.3, 0.4) is 0 Å². The predicted molar refractivity (Wildman–Crippen MR) is 73.5 cm³/mol. The number of hydrogen-bond donors (Lipinski definition) is 0. The van der Waals surface area contributed by atoms with Gasteiger partial charge in [-0.05, 0) is 24.8 Å². The van der Waals surface area contributed by atoms with Crippen LogP contribution in [0.2, 0.25) is 0 Å². The van der Waals surface area contributed by atoms with Crippen molar-refractivity contribution in [1.82, 2.24) is 9.78 Å². The molecule has 0 bridgehead atoms. The van der Waals surface area contributed by atoms with Gasteiger partial charge in [-0.2, -0.15) is 5.10 Å². The fourth-order valence-electron chi connectivity index (χ4n) is 2.28. The summed E-state index contributed by atoms with van der Waals surface area (Å²) in [6.45, 7) is 1.02. The van der Waals surface area contributed by atoms with E-state index >= 15 is 0 Å². The quantitative estimate of drug-likeness (QED) is 0.827. The molecule has 0 saturated heterocycles.